The highest BCUT2D eigenvalue weighted by Crippen LogP contribution is 1.78. The third-order valence-corrected chi connectivity index (χ3v) is 0.480. The van der Waals surface area contributed by atoms with E-state index in [0.717, 1.165) is 6.54 Å². The Morgan fingerprint density at radius 2 is 3.00 bits per heavy atom. The van der Waals surface area contributed by atoms with Gasteiger partial charge in [0.15, 0.2) is 0 Å². The Labute approximate surface area is 32.5 Å². The molecule has 0 bridgehead atoms. The number of allylic oxidation sites excluding steroid dienone is 1. The summed E-state index contributed by atoms with van der Waals surface area (Å²) in [4.78, 5) is 3.72. The lowest BCUT2D eigenvalue weighted by atomic mass is 10.6. The van der Waals surface area contributed by atoms with Gasteiger partial charge in [-0.2, -0.15) is 0 Å². The van der Waals surface area contributed by atoms with Crippen molar-refractivity contribution in [1.29, 1.82) is 0 Å². The standard InChI is InChI=1S/C4H4N/c1-2-4-5-3-1/h1-2H,3H2/p+1. The minimum Gasteiger partial charge on any atom is -0.279 e. The van der Waals surface area contributed by atoms with Crippen LogP contribution in [0.5, 0.6) is 0 Å². The van der Waals surface area contributed by atoms with Crippen molar-refractivity contribution < 1.29 is 1.43 Å². The van der Waals surface area contributed by atoms with Gasteiger partial charge < -0.3 is 0 Å². The van der Waals surface area contributed by atoms with Gasteiger partial charge in [-0.1, -0.05) is 6.08 Å². The summed E-state index contributed by atoms with van der Waals surface area (Å²) in [6.07, 6.45) is 6.44. The molecule has 0 amide bonds. The number of rotatable bonds is 0. The van der Waals surface area contributed by atoms with Crippen LogP contribution in [0.3, 0.4) is 0 Å². The molecule has 0 aliphatic carbocycles. The van der Waals surface area contributed by atoms with Gasteiger partial charge in [0.05, 0.1) is 12.8 Å². The summed E-state index contributed by atoms with van der Waals surface area (Å²) < 4.78 is 0. The molecule has 1 heteroatoms. The Hall–Kier alpha value is -0.590. The van der Waals surface area contributed by atoms with Gasteiger partial charge >= 0.3 is 1.43 Å². The van der Waals surface area contributed by atoms with Gasteiger partial charge in [-0.25, -0.2) is 0 Å². The van der Waals surface area contributed by atoms with Crippen molar-refractivity contribution >= 4 is 6.21 Å². The largest absolute Gasteiger partial charge is 1.00 e. The first-order valence-electron chi connectivity index (χ1n) is 1.57. The van der Waals surface area contributed by atoms with E-state index in [9.17, 15) is 0 Å². The fraction of sp³-hybridized carbons (Fsp3) is 0.250. The molecule has 0 aromatic heterocycles. The molecule has 1 rings (SSSR count). The third-order valence-electron chi connectivity index (χ3n) is 0.480. The van der Waals surface area contributed by atoms with Gasteiger partial charge in [0, 0.05) is 0 Å². The highest BCUT2D eigenvalue weighted by molar-refractivity contribution is 5.73. The third kappa shape index (κ3) is 0.349. The summed E-state index contributed by atoms with van der Waals surface area (Å²) >= 11 is 0. The molecule has 5 heavy (non-hydrogen) atoms. The molecule has 0 aromatic carbocycles. The Morgan fingerprint density at radius 1 is 2.00 bits per heavy atom. The zero-order valence-corrected chi connectivity index (χ0v) is 2.81. The molecular formula is C4H5N+. The maximum Gasteiger partial charge on any atom is 1.00 e. The molecule has 1 aliphatic heterocycles. The number of nitrogens with zero attached hydrogens (tertiary/aromatic N) is 1. The molecular weight excluding hydrogens is 62.1 g/mol. The second-order valence-corrected chi connectivity index (χ2v) is 0.872. The van der Waals surface area contributed by atoms with Crippen LogP contribution in [0.4, 0.5) is 0 Å². The molecule has 1 aliphatic rings. The summed E-state index contributed by atoms with van der Waals surface area (Å²) in [6.45, 7) is 0.833. The zero-order chi connectivity index (χ0) is 3.54. The van der Waals surface area contributed by atoms with Crippen LogP contribution in [0, 0.1) is 0 Å². The lowest BCUT2D eigenvalue weighted by Crippen LogP contribution is -1.54. The minimum absolute atomic E-state index is 0. The fourth-order valence-corrected chi connectivity index (χ4v) is 0.264. The molecule has 1 heterocycles. The molecule has 0 aromatic rings. The second kappa shape index (κ2) is 1.02. The lowest BCUT2D eigenvalue weighted by molar-refractivity contribution is 1.29. The SMILES string of the molecule is [C]1=NCC=C1.[H+]. The first-order chi connectivity index (χ1) is 2.50. The van der Waals surface area contributed by atoms with Crippen molar-refractivity contribution in [3.8, 4) is 0 Å². The lowest BCUT2D eigenvalue weighted by Gasteiger charge is -1.59. The quantitative estimate of drug-likeness (QED) is 0.393. The number of hydrogen-bond donors (Lipinski definition) is 0. The van der Waals surface area contributed by atoms with E-state index in [2.05, 4.69) is 11.2 Å². The highest BCUT2D eigenvalue weighted by atomic mass is 14.7. The Morgan fingerprint density at radius 3 is 3.20 bits per heavy atom. The number of hydrogen-bond acceptors (Lipinski definition) is 1. The van der Waals surface area contributed by atoms with Crippen molar-refractivity contribution in [2.24, 2.45) is 4.99 Å². The smallest absolute Gasteiger partial charge is 0.279 e. The first kappa shape index (κ1) is 2.64. The maximum atomic E-state index is 3.72. The van der Waals surface area contributed by atoms with Gasteiger partial charge in [0.1, 0.15) is 0 Å². The van der Waals surface area contributed by atoms with Crippen LogP contribution in [0.15, 0.2) is 17.1 Å². The summed E-state index contributed by atoms with van der Waals surface area (Å²) in [7, 11) is 0. The topological polar surface area (TPSA) is 12.4 Å². The van der Waals surface area contributed by atoms with E-state index < -0.39 is 0 Å². The molecule has 25 valence electrons. The van der Waals surface area contributed by atoms with Crippen molar-refractivity contribution in [3.05, 3.63) is 12.2 Å². The fourth-order valence-electron chi connectivity index (χ4n) is 0.264. The molecule has 0 unspecified atom stereocenters. The Balaban J connectivity index is 0.000000250. The Kier molecular flexibility index (Phi) is 0.537. The van der Waals surface area contributed by atoms with Gasteiger partial charge in [-0.15, -0.1) is 0 Å². The zero-order valence-electron chi connectivity index (χ0n) is 3.81. The van der Waals surface area contributed by atoms with Gasteiger partial charge in [-0.3, -0.25) is 4.99 Å². The molecule has 0 spiro atoms. The van der Waals surface area contributed by atoms with E-state index in [1.54, 1.807) is 0 Å². The monoisotopic (exact) mass is 67.0 g/mol. The van der Waals surface area contributed by atoms with E-state index >= 15 is 0 Å². The molecule has 1 nitrogen and oxygen atoms in total. The molecule has 0 atom stereocenters. The van der Waals surface area contributed by atoms with Gasteiger partial charge in [0.2, 0.25) is 0 Å². The van der Waals surface area contributed by atoms with E-state index in [0.29, 0.717) is 0 Å². The van der Waals surface area contributed by atoms with E-state index in [1.807, 2.05) is 12.2 Å². The van der Waals surface area contributed by atoms with Crippen LogP contribution in [0.2, 0.25) is 0 Å². The normalized spacial score (nSPS) is 17.6. The van der Waals surface area contributed by atoms with Crippen molar-refractivity contribution in [2.75, 3.05) is 6.54 Å². The van der Waals surface area contributed by atoms with Gasteiger partial charge in [-0.05, 0) is 6.08 Å². The van der Waals surface area contributed by atoms with Crippen LogP contribution in [-0.2, 0) is 0 Å². The van der Waals surface area contributed by atoms with Crippen LogP contribution in [0.25, 0.3) is 0 Å². The molecule has 0 N–H and O–H groups in total. The first-order valence-corrected chi connectivity index (χ1v) is 1.57. The maximum absolute atomic E-state index is 3.72. The average Bonchev–Trinajstić information content (AvgIpc) is 1.76. The predicted molar refractivity (Wildman–Crippen MR) is 22.6 cm³/mol. The van der Waals surface area contributed by atoms with E-state index in [1.165, 1.54) is 0 Å². The molecule has 0 fully saturated rings. The van der Waals surface area contributed by atoms with Crippen molar-refractivity contribution in [3.63, 3.8) is 0 Å². The summed E-state index contributed by atoms with van der Waals surface area (Å²) in [5, 5.41) is 0. The van der Waals surface area contributed by atoms with E-state index in [4.69, 9.17) is 0 Å². The van der Waals surface area contributed by atoms with Gasteiger partial charge in [0.25, 0.3) is 0 Å². The molecule has 0 saturated carbocycles. The Bertz CT molecular complexity index is 65.6. The second-order valence-electron chi connectivity index (χ2n) is 0.872. The van der Waals surface area contributed by atoms with Crippen LogP contribution < -0.4 is 0 Å². The van der Waals surface area contributed by atoms with Crippen LogP contribution in [0.1, 0.15) is 1.43 Å². The predicted octanol–water partition coefficient (Wildman–Crippen LogP) is 0.617. The van der Waals surface area contributed by atoms with Crippen molar-refractivity contribution in [1.82, 2.24) is 0 Å². The minimum atomic E-state index is 0. The van der Waals surface area contributed by atoms with Crippen LogP contribution >= 0.6 is 0 Å². The number of aliphatic imine (C=N–C) groups is 1. The highest BCUT2D eigenvalue weighted by Gasteiger charge is 1.74. The van der Waals surface area contributed by atoms with Crippen LogP contribution in [-0.4, -0.2) is 12.8 Å². The summed E-state index contributed by atoms with van der Waals surface area (Å²) in [5.74, 6) is 0. The molecule has 0 saturated heterocycles. The average molecular weight is 67.1 g/mol. The summed E-state index contributed by atoms with van der Waals surface area (Å²) in [6, 6.07) is 0. The summed E-state index contributed by atoms with van der Waals surface area (Å²) in [5.41, 5.74) is 0. The van der Waals surface area contributed by atoms with E-state index in [-0.39, 0.29) is 1.43 Å². The molecule has 1 radical (unpaired) electrons. The van der Waals surface area contributed by atoms with Crippen molar-refractivity contribution in [2.45, 2.75) is 0 Å².